The fourth-order valence-electron chi connectivity index (χ4n) is 1.99. The van der Waals surface area contributed by atoms with E-state index in [4.69, 9.17) is 4.74 Å². The zero-order chi connectivity index (χ0) is 16.9. The van der Waals surface area contributed by atoms with Crippen LogP contribution in [0.3, 0.4) is 0 Å². The van der Waals surface area contributed by atoms with Gasteiger partial charge in [-0.3, -0.25) is 4.79 Å². The van der Waals surface area contributed by atoms with E-state index in [-0.39, 0.29) is 17.9 Å². The molecule has 122 valence electrons. The van der Waals surface area contributed by atoms with Gasteiger partial charge in [0, 0.05) is 6.20 Å². The van der Waals surface area contributed by atoms with E-state index < -0.39 is 0 Å². The van der Waals surface area contributed by atoms with E-state index in [9.17, 15) is 4.79 Å². The molecule has 1 amide bonds. The van der Waals surface area contributed by atoms with Crippen LogP contribution in [-0.4, -0.2) is 23.2 Å². The predicted molar refractivity (Wildman–Crippen MR) is 91.8 cm³/mol. The third-order valence-electron chi connectivity index (χ3n) is 3.43. The van der Waals surface area contributed by atoms with E-state index in [0.29, 0.717) is 11.5 Å². The van der Waals surface area contributed by atoms with Crippen LogP contribution < -0.4 is 10.2 Å². The Morgan fingerprint density at radius 1 is 1.22 bits per heavy atom. The van der Waals surface area contributed by atoms with E-state index in [1.807, 2.05) is 43.3 Å². The Labute approximate surface area is 136 Å². The molecule has 5 nitrogen and oxygen atoms in total. The normalized spacial score (nSPS) is 12.1. The maximum atomic E-state index is 11.8. The maximum absolute atomic E-state index is 11.8. The highest BCUT2D eigenvalue weighted by molar-refractivity contribution is 5.97. The van der Waals surface area contributed by atoms with Crippen LogP contribution in [-0.2, 0) is 10.2 Å². The lowest BCUT2D eigenvalue weighted by atomic mass is 9.87. The summed E-state index contributed by atoms with van der Waals surface area (Å²) in [5.41, 5.74) is 5.37. The monoisotopic (exact) mass is 313 g/mol. The summed E-state index contributed by atoms with van der Waals surface area (Å²) >= 11 is 0. The van der Waals surface area contributed by atoms with Gasteiger partial charge < -0.3 is 9.72 Å². The van der Waals surface area contributed by atoms with Crippen LogP contribution in [0.5, 0.6) is 5.75 Å². The average molecular weight is 313 g/mol. The molecule has 5 heteroatoms. The minimum Gasteiger partial charge on any atom is -0.484 e. The minimum absolute atomic E-state index is 0.0730. The molecule has 0 spiro atoms. The molecule has 0 unspecified atom stereocenters. The van der Waals surface area contributed by atoms with Crippen LogP contribution in [0, 0.1) is 0 Å². The smallest absolute Gasteiger partial charge is 0.277 e. The first kappa shape index (κ1) is 16.8. The number of carbonyl (C=O) groups is 1. The summed E-state index contributed by atoms with van der Waals surface area (Å²) in [7, 11) is 0. The van der Waals surface area contributed by atoms with Gasteiger partial charge >= 0.3 is 0 Å². The quantitative estimate of drug-likeness (QED) is 0.657. The summed E-state index contributed by atoms with van der Waals surface area (Å²) in [5, 5.41) is 4.03. The molecule has 1 aromatic carbocycles. The number of ether oxygens (including phenoxy) is 1. The Balaban J connectivity index is 1.84. The summed E-state index contributed by atoms with van der Waals surface area (Å²) in [6.45, 7) is 8.21. The molecule has 0 fully saturated rings. The number of carbonyl (C=O) groups excluding carboxylic acids is 1. The Bertz CT molecular complexity index is 665. The number of aromatic nitrogens is 1. The summed E-state index contributed by atoms with van der Waals surface area (Å²) in [6, 6.07) is 11.5. The van der Waals surface area contributed by atoms with E-state index in [2.05, 4.69) is 36.3 Å². The highest BCUT2D eigenvalue weighted by Gasteiger charge is 2.13. The first-order valence-electron chi connectivity index (χ1n) is 7.56. The van der Waals surface area contributed by atoms with E-state index >= 15 is 0 Å². The third kappa shape index (κ3) is 4.98. The number of nitrogens with zero attached hydrogens (tertiary/aromatic N) is 1. The summed E-state index contributed by atoms with van der Waals surface area (Å²) in [4.78, 5) is 14.8. The number of rotatable bonds is 5. The van der Waals surface area contributed by atoms with E-state index in [0.717, 1.165) is 5.69 Å². The van der Waals surface area contributed by atoms with E-state index in [1.165, 1.54) is 5.56 Å². The predicted octanol–water partition coefficient (Wildman–Crippen LogP) is 3.23. The number of nitrogens with one attached hydrogen (secondary N) is 2. The zero-order valence-electron chi connectivity index (χ0n) is 14.0. The van der Waals surface area contributed by atoms with Crippen molar-refractivity contribution in [1.82, 2.24) is 10.4 Å². The highest BCUT2D eigenvalue weighted by atomic mass is 16.5. The van der Waals surface area contributed by atoms with Gasteiger partial charge in [0.1, 0.15) is 5.75 Å². The Morgan fingerprint density at radius 3 is 2.48 bits per heavy atom. The number of benzene rings is 1. The van der Waals surface area contributed by atoms with Gasteiger partial charge in [-0.05, 0) is 42.2 Å². The molecular formula is C18H23N3O2. The van der Waals surface area contributed by atoms with Crippen LogP contribution in [0.25, 0.3) is 0 Å². The van der Waals surface area contributed by atoms with Crippen molar-refractivity contribution in [2.75, 3.05) is 6.61 Å². The largest absolute Gasteiger partial charge is 0.484 e. The van der Waals surface area contributed by atoms with Gasteiger partial charge in [0.25, 0.3) is 5.91 Å². The van der Waals surface area contributed by atoms with Gasteiger partial charge in [0.2, 0.25) is 0 Å². The lowest BCUT2D eigenvalue weighted by Crippen LogP contribution is -2.25. The molecule has 0 bridgehead atoms. The molecule has 0 radical (unpaired) electrons. The second-order valence-electron chi connectivity index (χ2n) is 6.38. The van der Waals surface area contributed by atoms with Gasteiger partial charge in [-0.2, -0.15) is 5.10 Å². The molecule has 0 saturated carbocycles. The van der Waals surface area contributed by atoms with Gasteiger partial charge in [0.15, 0.2) is 6.61 Å². The molecule has 1 heterocycles. The van der Waals surface area contributed by atoms with Gasteiger partial charge in [0.05, 0.1) is 11.4 Å². The molecule has 1 aromatic heterocycles. The lowest BCUT2D eigenvalue weighted by Gasteiger charge is -2.19. The van der Waals surface area contributed by atoms with Crippen molar-refractivity contribution >= 4 is 11.6 Å². The Morgan fingerprint density at radius 2 is 1.91 bits per heavy atom. The summed E-state index contributed by atoms with van der Waals surface area (Å²) < 4.78 is 5.47. The number of aromatic amines is 1. The maximum Gasteiger partial charge on any atom is 0.277 e. The standard InChI is InChI=1S/C18H23N3O2/c1-13(16-6-5-11-19-16)20-21-17(22)12-23-15-9-7-14(8-10-15)18(2,3)4/h5-11,19H,12H2,1-4H3,(H,21,22)/b20-13+. The minimum atomic E-state index is -0.296. The SMILES string of the molecule is C/C(=N\NC(=O)COc1ccc(C(C)(C)C)cc1)c1ccc[nH]1. The summed E-state index contributed by atoms with van der Waals surface area (Å²) in [6.07, 6.45) is 1.81. The first-order chi connectivity index (χ1) is 10.9. The van der Waals surface area contributed by atoms with Crippen molar-refractivity contribution in [3.8, 4) is 5.75 Å². The molecular weight excluding hydrogens is 290 g/mol. The molecule has 0 aliphatic carbocycles. The van der Waals surface area contributed by atoms with Gasteiger partial charge in [-0.25, -0.2) is 5.43 Å². The van der Waals surface area contributed by atoms with Crippen molar-refractivity contribution in [1.29, 1.82) is 0 Å². The lowest BCUT2D eigenvalue weighted by molar-refractivity contribution is -0.123. The fourth-order valence-corrected chi connectivity index (χ4v) is 1.99. The van der Waals surface area contributed by atoms with Crippen molar-refractivity contribution in [3.63, 3.8) is 0 Å². The van der Waals surface area contributed by atoms with Crippen molar-refractivity contribution in [2.24, 2.45) is 5.10 Å². The molecule has 0 atom stereocenters. The van der Waals surface area contributed by atoms with Crippen LogP contribution in [0.15, 0.2) is 47.7 Å². The molecule has 23 heavy (non-hydrogen) atoms. The van der Waals surface area contributed by atoms with Crippen molar-refractivity contribution in [3.05, 3.63) is 53.9 Å². The van der Waals surface area contributed by atoms with Crippen LogP contribution >= 0.6 is 0 Å². The first-order valence-corrected chi connectivity index (χ1v) is 7.56. The van der Waals surface area contributed by atoms with Crippen molar-refractivity contribution in [2.45, 2.75) is 33.1 Å². The van der Waals surface area contributed by atoms with Crippen LogP contribution in [0.4, 0.5) is 0 Å². The number of H-pyrrole nitrogens is 1. The molecule has 2 aromatic rings. The van der Waals surface area contributed by atoms with E-state index in [1.54, 1.807) is 6.20 Å². The average Bonchev–Trinajstić information content (AvgIpc) is 3.04. The van der Waals surface area contributed by atoms with Crippen LogP contribution in [0.2, 0.25) is 0 Å². The number of hydrogen-bond acceptors (Lipinski definition) is 3. The molecule has 2 rings (SSSR count). The van der Waals surface area contributed by atoms with Gasteiger partial charge in [-0.1, -0.05) is 32.9 Å². The highest BCUT2D eigenvalue weighted by Crippen LogP contribution is 2.24. The molecule has 0 aliphatic heterocycles. The van der Waals surface area contributed by atoms with Crippen LogP contribution in [0.1, 0.15) is 39.0 Å². The second kappa shape index (κ2) is 7.13. The molecule has 2 N–H and O–H groups in total. The number of amides is 1. The molecule has 0 aliphatic rings. The number of hydrazone groups is 1. The number of hydrogen-bond donors (Lipinski definition) is 2. The third-order valence-corrected chi connectivity index (χ3v) is 3.43. The van der Waals surface area contributed by atoms with Gasteiger partial charge in [-0.15, -0.1) is 0 Å². The Kier molecular flexibility index (Phi) is 5.21. The zero-order valence-corrected chi connectivity index (χ0v) is 14.0. The van der Waals surface area contributed by atoms with Crippen molar-refractivity contribution < 1.29 is 9.53 Å². The Hall–Kier alpha value is -2.56. The summed E-state index contributed by atoms with van der Waals surface area (Å²) in [5.74, 6) is 0.369. The topological polar surface area (TPSA) is 66.5 Å². The molecule has 0 saturated heterocycles. The second-order valence-corrected chi connectivity index (χ2v) is 6.38. The fraction of sp³-hybridized carbons (Fsp3) is 0.333.